The van der Waals surface area contributed by atoms with Crippen LogP contribution in [0.2, 0.25) is 5.02 Å². The molecule has 0 aliphatic carbocycles. The van der Waals surface area contributed by atoms with Crippen molar-refractivity contribution >= 4 is 57.2 Å². The first-order valence-electron chi connectivity index (χ1n) is 6.07. The summed E-state index contributed by atoms with van der Waals surface area (Å²) in [7, 11) is 1.19. The first-order chi connectivity index (χ1) is 9.76. The Morgan fingerprint density at radius 2 is 2.09 bits per heavy atom. The predicted octanol–water partition coefficient (Wildman–Crippen LogP) is 1.58. The lowest BCUT2D eigenvalue weighted by molar-refractivity contribution is 0.415. The first kappa shape index (κ1) is 21.2. The van der Waals surface area contributed by atoms with Crippen molar-refractivity contribution in [1.82, 2.24) is 4.31 Å². The Morgan fingerprint density at radius 3 is 2.59 bits per heavy atom. The zero-order valence-corrected chi connectivity index (χ0v) is 16.4. The number of rotatable bonds is 6. The van der Waals surface area contributed by atoms with Crippen LogP contribution in [-0.4, -0.2) is 52.2 Å². The summed E-state index contributed by atoms with van der Waals surface area (Å²) in [6.45, 7) is 0.0727. The lowest BCUT2D eigenvalue weighted by atomic mass is 10.3. The van der Waals surface area contributed by atoms with Crippen LogP contribution in [0.15, 0.2) is 23.2 Å². The van der Waals surface area contributed by atoms with Gasteiger partial charge in [0.05, 0.1) is 24.4 Å². The molecule has 126 valence electrons. The number of halogens is 2. The minimum absolute atomic E-state index is 0. The van der Waals surface area contributed by atoms with Gasteiger partial charge in [-0.1, -0.05) is 11.6 Å². The van der Waals surface area contributed by atoms with Gasteiger partial charge in [0, 0.05) is 19.8 Å². The monoisotopic (exact) mass is 462 g/mol. The quantitative estimate of drug-likeness (QED) is 0.380. The topological polar surface area (TPSA) is 97.0 Å². The standard InChI is InChI=1S/C12H19ClN4O3S.HI/c1-17(2)21(18,19)7-6-15-12(14)16-9-4-5-11(20-3)10(13)8-9;/h4-5,8H,6-7H2,1-3H3,(H3,14,15,16);1H. The fourth-order valence-electron chi connectivity index (χ4n) is 1.40. The van der Waals surface area contributed by atoms with Gasteiger partial charge in [0.25, 0.3) is 0 Å². The molecule has 1 aromatic carbocycles. The zero-order chi connectivity index (χ0) is 16.0. The van der Waals surface area contributed by atoms with Crippen LogP contribution in [0, 0.1) is 0 Å². The molecule has 0 amide bonds. The molecule has 0 radical (unpaired) electrons. The number of nitrogens with two attached hydrogens (primary N) is 1. The third kappa shape index (κ3) is 6.55. The number of benzene rings is 1. The maximum Gasteiger partial charge on any atom is 0.215 e. The third-order valence-electron chi connectivity index (χ3n) is 2.61. The molecular weight excluding hydrogens is 443 g/mol. The number of hydrogen-bond donors (Lipinski definition) is 2. The first-order valence-corrected chi connectivity index (χ1v) is 8.05. The molecule has 0 aliphatic rings. The molecule has 3 N–H and O–H groups in total. The summed E-state index contributed by atoms with van der Waals surface area (Å²) in [5.74, 6) is 0.561. The van der Waals surface area contributed by atoms with Gasteiger partial charge >= 0.3 is 0 Å². The average molecular weight is 463 g/mol. The summed E-state index contributed by atoms with van der Waals surface area (Å²) >= 11 is 5.98. The van der Waals surface area contributed by atoms with E-state index in [2.05, 4.69) is 10.3 Å². The Bertz CT molecular complexity index is 623. The van der Waals surface area contributed by atoms with E-state index in [0.29, 0.717) is 16.5 Å². The van der Waals surface area contributed by atoms with Gasteiger partial charge in [-0.3, -0.25) is 4.99 Å². The fraction of sp³-hybridized carbons (Fsp3) is 0.417. The van der Waals surface area contributed by atoms with Crippen LogP contribution in [0.4, 0.5) is 5.69 Å². The van der Waals surface area contributed by atoms with E-state index < -0.39 is 10.0 Å². The number of nitrogens with one attached hydrogen (secondary N) is 1. The van der Waals surface area contributed by atoms with Crippen LogP contribution in [-0.2, 0) is 10.0 Å². The molecule has 7 nitrogen and oxygen atoms in total. The summed E-state index contributed by atoms with van der Waals surface area (Å²) in [6.07, 6.45) is 0. The van der Waals surface area contributed by atoms with E-state index in [1.165, 1.54) is 21.2 Å². The Morgan fingerprint density at radius 1 is 1.45 bits per heavy atom. The normalized spacial score (nSPS) is 12.0. The number of guanidine groups is 1. The van der Waals surface area contributed by atoms with Gasteiger partial charge in [-0.05, 0) is 18.2 Å². The van der Waals surface area contributed by atoms with Crippen LogP contribution in [0.1, 0.15) is 0 Å². The van der Waals surface area contributed by atoms with Crippen molar-refractivity contribution in [2.24, 2.45) is 10.7 Å². The number of nitrogens with zero attached hydrogens (tertiary/aromatic N) is 2. The zero-order valence-electron chi connectivity index (χ0n) is 12.5. The summed E-state index contributed by atoms with van der Waals surface area (Å²) in [6, 6.07) is 5.05. The second-order valence-corrected chi connectivity index (χ2v) is 7.05. The summed E-state index contributed by atoms with van der Waals surface area (Å²) in [5, 5.41) is 3.26. The highest BCUT2D eigenvalue weighted by Crippen LogP contribution is 2.26. The second-order valence-electron chi connectivity index (χ2n) is 4.34. The molecule has 22 heavy (non-hydrogen) atoms. The van der Waals surface area contributed by atoms with E-state index in [1.807, 2.05) is 0 Å². The van der Waals surface area contributed by atoms with Crippen molar-refractivity contribution in [3.05, 3.63) is 23.2 Å². The number of methoxy groups -OCH3 is 1. The van der Waals surface area contributed by atoms with Gasteiger partial charge in [-0.2, -0.15) is 0 Å². The number of hydrogen-bond acceptors (Lipinski definition) is 4. The van der Waals surface area contributed by atoms with Gasteiger partial charge in [0.15, 0.2) is 5.96 Å². The molecule has 1 rings (SSSR count). The van der Waals surface area contributed by atoms with E-state index in [-0.39, 0.29) is 42.2 Å². The number of anilines is 1. The van der Waals surface area contributed by atoms with E-state index in [9.17, 15) is 8.42 Å². The molecule has 10 heteroatoms. The lowest BCUT2D eigenvalue weighted by Gasteiger charge is -2.10. The summed E-state index contributed by atoms with van der Waals surface area (Å²) in [4.78, 5) is 3.96. The Kier molecular flexibility index (Phi) is 9.05. The van der Waals surface area contributed by atoms with Crippen molar-refractivity contribution in [1.29, 1.82) is 0 Å². The van der Waals surface area contributed by atoms with Gasteiger partial charge in [-0.15, -0.1) is 24.0 Å². The van der Waals surface area contributed by atoms with E-state index >= 15 is 0 Å². The highest BCUT2D eigenvalue weighted by Gasteiger charge is 2.12. The summed E-state index contributed by atoms with van der Waals surface area (Å²) in [5.41, 5.74) is 6.32. The maximum atomic E-state index is 11.5. The number of sulfonamides is 1. The van der Waals surface area contributed by atoms with Crippen LogP contribution in [0.25, 0.3) is 0 Å². The molecule has 0 spiro atoms. The Hall–Kier alpha value is -0.780. The molecule has 0 aromatic heterocycles. The minimum Gasteiger partial charge on any atom is -0.495 e. The van der Waals surface area contributed by atoms with Gasteiger partial charge in [0.2, 0.25) is 10.0 Å². The van der Waals surface area contributed by atoms with Crippen LogP contribution in [0.3, 0.4) is 0 Å². The predicted molar refractivity (Wildman–Crippen MR) is 101 cm³/mol. The summed E-state index contributed by atoms with van der Waals surface area (Å²) < 4.78 is 29.3. The second kappa shape index (κ2) is 9.38. The smallest absolute Gasteiger partial charge is 0.215 e. The van der Waals surface area contributed by atoms with E-state index in [4.69, 9.17) is 22.1 Å². The highest BCUT2D eigenvalue weighted by atomic mass is 127. The lowest BCUT2D eigenvalue weighted by Crippen LogP contribution is -2.28. The average Bonchev–Trinajstić information content (AvgIpc) is 2.38. The highest BCUT2D eigenvalue weighted by molar-refractivity contribution is 14.0. The van der Waals surface area contributed by atoms with Crippen molar-refractivity contribution in [3.63, 3.8) is 0 Å². The molecule has 0 bridgehead atoms. The van der Waals surface area contributed by atoms with Crippen molar-refractivity contribution in [2.75, 3.05) is 38.8 Å². The van der Waals surface area contributed by atoms with Gasteiger partial charge in [-0.25, -0.2) is 12.7 Å². The molecule has 1 aromatic rings. The molecule has 0 saturated carbocycles. The van der Waals surface area contributed by atoms with Crippen molar-refractivity contribution in [2.45, 2.75) is 0 Å². The Balaban J connectivity index is 0.00000441. The molecular formula is C12H20ClIN4O3S. The Labute approximate surface area is 152 Å². The van der Waals surface area contributed by atoms with Gasteiger partial charge < -0.3 is 15.8 Å². The molecule has 0 atom stereocenters. The molecule has 0 saturated heterocycles. The van der Waals surface area contributed by atoms with E-state index in [0.717, 1.165) is 4.31 Å². The molecule has 0 aliphatic heterocycles. The van der Waals surface area contributed by atoms with Crippen LogP contribution in [0.5, 0.6) is 5.75 Å². The number of aliphatic imine (C=N–C) groups is 1. The van der Waals surface area contributed by atoms with Crippen LogP contribution < -0.4 is 15.8 Å². The number of ether oxygens (including phenoxy) is 1. The van der Waals surface area contributed by atoms with Crippen molar-refractivity contribution in [3.8, 4) is 5.75 Å². The maximum absolute atomic E-state index is 11.5. The molecule has 0 heterocycles. The third-order valence-corrected chi connectivity index (χ3v) is 4.72. The minimum atomic E-state index is -3.28. The molecule has 0 fully saturated rings. The van der Waals surface area contributed by atoms with E-state index in [1.54, 1.807) is 18.2 Å². The van der Waals surface area contributed by atoms with Gasteiger partial charge in [0.1, 0.15) is 5.75 Å². The fourth-order valence-corrected chi connectivity index (χ4v) is 2.34. The SMILES string of the molecule is COc1ccc(NC(N)=NCCS(=O)(=O)N(C)C)cc1Cl.I. The molecule has 0 unspecified atom stereocenters. The van der Waals surface area contributed by atoms with Crippen molar-refractivity contribution < 1.29 is 13.2 Å². The van der Waals surface area contributed by atoms with Crippen LogP contribution >= 0.6 is 35.6 Å². The largest absolute Gasteiger partial charge is 0.495 e.